The Morgan fingerprint density at radius 3 is 2.31 bits per heavy atom. The van der Waals surface area contributed by atoms with Gasteiger partial charge in [0.05, 0.1) is 24.2 Å². The summed E-state index contributed by atoms with van der Waals surface area (Å²) in [6, 6.07) is 10.4. The lowest BCUT2D eigenvalue weighted by molar-refractivity contribution is -0.136. The van der Waals surface area contributed by atoms with Gasteiger partial charge in [0.1, 0.15) is 5.75 Å². The molecule has 7 nitrogen and oxygen atoms in total. The van der Waals surface area contributed by atoms with E-state index in [4.69, 9.17) is 4.74 Å². The Balaban J connectivity index is 2.40. The molecule has 2 rings (SSSR count). The van der Waals surface area contributed by atoms with Crippen molar-refractivity contribution >= 4 is 27.4 Å². The molecule has 216 valence electrons. The van der Waals surface area contributed by atoms with Gasteiger partial charge >= 0.3 is 5.97 Å². The minimum Gasteiger partial charge on any atom is -0.496 e. The molecule has 2 N–H and O–H groups in total. The largest absolute Gasteiger partial charge is 0.496 e. The number of carbonyl (C=O) groups excluding carboxylic acids is 1. The van der Waals surface area contributed by atoms with Gasteiger partial charge in [-0.1, -0.05) is 78.5 Å². The number of amides is 1. The number of nitrogens with one attached hydrogen (secondary N) is 1. The molecule has 0 radical (unpaired) electrons. The van der Waals surface area contributed by atoms with Crippen molar-refractivity contribution < 1.29 is 27.9 Å². The number of ether oxygens (including phenoxy) is 1. The van der Waals surface area contributed by atoms with Gasteiger partial charge in [-0.05, 0) is 59.1 Å². The van der Waals surface area contributed by atoms with Crippen molar-refractivity contribution in [3.8, 4) is 5.75 Å². The minimum absolute atomic E-state index is 0.0649. The number of carbonyl (C=O) groups is 2. The maximum atomic E-state index is 13.4. The van der Waals surface area contributed by atoms with Crippen LogP contribution in [0.4, 0.5) is 5.69 Å². The van der Waals surface area contributed by atoms with Crippen molar-refractivity contribution in [1.82, 2.24) is 0 Å². The molecule has 0 saturated heterocycles. The number of carboxylic acids is 1. The molecule has 1 amide bonds. The molecule has 2 aromatic rings. The van der Waals surface area contributed by atoms with Crippen LogP contribution in [0.15, 0.2) is 41.3 Å². The second kappa shape index (κ2) is 14.5. The van der Waals surface area contributed by atoms with Crippen LogP contribution >= 0.6 is 0 Å². The first-order valence-electron chi connectivity index (χ1n) is 13.9. The first kappa shape index (κ1) is 32.3. The summed E-state index contributed by atoms with van der Waals surface area (Å²) in [5.74, 6) is -0.743. The van der Waals surface area contributed by atoms with Crippen molar-refractivity contribution in [2.75, 3.05) is 18.2 Å². The Morgan fingerprint density at radius 2 is 1.72 bits per heavy atom. The first-order chi connectivity index (χ1) is 18.3. The van der Waals surface area contributed by atoms with E-state index in [2.05, 4.69) is 12.2 Å². The van der Waals surface area contributed by atoms with Gasteiger partial charge in [-0.15, -0.1) is 0 Å². The van der Waals surface area contributed by atoms with E-state index in [0.717, 1.165) is 43.2 Å². The van der Waals surface area contributed by atoms with Crippen LogP contribution in [-0.2, 0) is 31.3 Å². The molecular weight excluding hydrogens is 514 g/mol. The van der Waals surface area contributed by atoms with Crippen molar-refractivity contribution in [3.63, 3.8) is 0 Å². The Bertz CT molecular complexity index is 1230. The number of carboxylic acid groups (broad SMARTS) is 1. The molecule has 0 aromatic heterocycles. The molecule has 0 heterocycles. The number of rotatable bonds is 15. The molecule has 8 heteroatoms. The number of sulfone groups is 1. The van der Waals surface area contributed by atoms with Gasteiger partial charge in [0, 0.05) is 12.1 Å². The van der Waals surface area contributed by atoms with E-state index in [1.54, 1.807) is 30.3 Å². The molecule has 39 heavy (non-hydrogen) atoms. The summed E-state index contributed by atoms with van der Waals surface area (Å²) >= 11 is 0. The Hall–Kier alpha value is -2.87. The average molecular weight is 560 g/mol. The van der Waals surface area contributed by atoms with Crippen LogP contribution in [0.25, 0.3) is 0 Å². The van der Waals surface area contributed by atoms with Gasteiger partial charge in [-0.3, -0.25) is 9.59 Å². The Labute approximate surface area is 234 Å². The summed E-state index contributed by atoms with van der Waals surface area (Å²) < 4.78 is 30.9. The van der Waals surface area contributed by atoms with Crippen LogP contribution in [0.2, 0.25) is 0 Å². The highest BCUT2D eigenvalue weighted by Gasteiger charge is 2.25. The second-order valence-electron chi connectivity index (χ2n) is 11.2. The molecule has 0 fully saturated rings. The van der Waals surface area contributed by atoms with E-state index in [9.17, 15) is 23.1 Å². The minimum atomic E-state index is -3.41. The average Bonchev–Trinajstić information content (AvgIpc) is 2.84. The van der Waals surface area contributed by atoms with Crippen molar-refractivity contribution in [3.05, 3.63) is 53.1 Å². The second-order valence-corrected chi connectivity index (χ2v) is 13.3. The van der Waals surface area contributed by atoms with E-state index >= 15 is 0 Å². The Kier molecular flexibility index (Phi) is 12.0. The summed E-state index contributed by atoms with van der Waals surface area (Å²) in [6.45, 7) is 10.1. The number of unbranched alkanes of at least 4 members (excludes halogenated alkanes) is 3. The maximum absolute atomic E-state index is 13.4. The zero-order valence-electron chi connectivity index (χ0n) is 24.3. The summed E-state index contributed by atoms with van der Waals surface area (Å²) in [4.78, 5) is 24.9. The topological polar surface area (TPSA) is 110 Å². The lowest BCUT2D eigenvalue weighted by atomic mass is 9.84. The van der Waals surface area contributed by atoms with Gasteiger partial charge in [-0.25, -0.2) is 8.42 Å². The number of benzene rings is 2. The zero-order chi connectivity index (χ0) is 29.2. The van der Waals surface area contributed by atoms with Gasteiger partial charge < -0.3 is 15.2 Å². The number of methoxy groups -OCH3 is 1. The number of hydrogen-bond donors (Lipinski definition) is 2. The fourth-order valence-corrected chi connectivity index (χ4v) is 6.19. The van der Waals surface area contributed by atoms with Gasteiger partial charge in [0.2, 0.25) is 5.91 Å². The van der Waals surface area contributed by atoms with Crippen LogP contribution in [0.1, 0.15) is 102 Å². The predicted molar refractivity (Wildman–Crippen MR) is 157 cm³/mol. The van der Waals surface area contributed by atoms with E-state index in [1.807, 2.05) is 33.8 Å². The van der Waals surface area contributed by atoms with Crippen LogP contribution in [0.5, 0.6) is 5.75 Å². The molecule has 0 aliphatic heterocycles. The molecule has 0 aliphatic rings. The summed E-state index contributed by atoms with van der Waals surface area (Å²) in [7, 11) is -1.89. The van der Waals surface area contributed by atoms with Crippen LogP contribution in [-0.4, -0.2) is 38.3 Å². The van der Waals surface area contributed by atoms with E-state index in [-0.39, 0.29) is 40.7 Å². The van der Waals surface area contributed by atoms with Crippen LogP contribution in [0, 0.1) is 0 Å². The van der Waals surface area contributed by atoms with Crippen LogP contribution in [0.3, 0.4) is 0 Å². The lowest BCUT2D eigenvalue weighted by Gasteiger charge is -2.25. The monoisotopic (exact) mass is 559 g/mol. The molecule has 1 atom stereocenters. The van der Waals surface area contributed by atoms with E-state index in [1.165, 1.54) is 7.11 Å². The number of aliphatic carboxylic acids is 1. The third-order valence-corrected chi connectivity index (χ3v) is 8.75. The van der Waals surface area contributed by atoms with Crippen molar-refractivity contribution in [2.24, 2.45) is 0 Å². The quantitative estimate of drug-likeness (QED) is 0.230. The normalized spacial score (nSPS) is 12.7. The standard InChI is InChI=1S/C31H45NO6S/c1-7-9-10-11-12-23(25-15-14-24(21-28(25)38-6)39(36,37)17-8-2)20-29(33)32-27-18-22(19-30(34)35)13-16-26(27)31(3,4)5/h13-16,18,21,23H,7-12,17,19-20H2,1-6H3,(H,32,33)(H,34,35). The van der Waals surface area contributed by atoms with Gasteiger partial charge in [-0.2, -0.15) is 0 Å². The molecule has 0 saturated carbocycles. The molecule has 0 aliphatic carbocycles. The third-order valence-electron chi connectivity index (χ3n) is 6.84. The molecule has 0 bridgehead atoms. The Morgan fingerprint density at radius 1 is 1.00 bits per heavy atom. The highest BCUT2D eigenvalue weighted by molar-refractivity contribution is 7.91. The fourth-order valence-electron chi connectivity index (χ4n) is 4.85. The van der Waals surface area contributed by atoms with Gasteiger partial charge in [0.25, 0.3) is 0 Å². The predicted octanol–water partition coefficient (Wildman–Crippen LogP) is 6.89. The third kappa shape index (κ3) is 9.67. The maximum Gasteiger partial charge on any atom is 0.307 e. The molecular formula is C31H45NO6S. The van der Waals surface area contributed by atoms with E-state index in [0.29, 0.717) is 23.4 Å². The van der Waals surface area contributed by atoms with Gasteiger partial charge in [0.15, 0.2) is 9.84 Å². The summed E-state index contributed by atoms with van der Waals surface area (Å²) in [5.41, 5.74) is 2.71. The zero-order valence-corrected chi connectivity index (χ0v) is 25.1. The van der Waals surface area contributed by atoms with Crippen molar-refractivity contribution in [1.29, 1.82) is 0 Å². The summed E-state index contributed by atoms with van der Waals surface area (Å²) in [5, 5.41) is 12.3. The highest BCUT2D eigenvalue weighted by atomic mass is 32.2. The summed E-state index contributed by atoms with van der Waals surface area (Å²) in [6.07, 6.45) is 5.54. The SMILES string of the molecule is CCCCCCC(CC(=O)Nc1cc(CC(=O)O)ccc1C(C)(C)C)c1ccc(S(=O)(=O)CCC)cc1OC. The fraction of sp³-hybridized carbons (Fsp3) is 0.548. The molecule has 1 unspecified atom stereocenters. The van der Waals surface area contributed by atoms with Crippen molar-refractivity contribution in [2.45, 2.75) is 102 Å². The number of anilines is 1. The first-order valence-corrected chi connectivity index (χ1v) is 15.5. The smallest absolute Gasteiger partial charge is 0.307 e. The molecule has 0 spiro atoms. The van der Waals surface area contributed by atoms with E-state index < -0.39 is 15.8 Å². The lowest BCUT2D eigenvalue weighted by Crippen LogP contribution is -2.21. The molecule has 2 aromatic carbocycles. The number of hydrogen-bond acceptors (Lipinski definition) is 5. The highest BCUT2D eigenvalue weighted by Crippen LogP contribution is 2.36. The van der Waals surface area contributed by atoms with Crippen LogP contribution < -0.4 is 10.1 Å².